The fourth-order valence-electron chi connectivity index (χ4n) is 1.66. The fourth-order valence-corrected chi connectivity index (χ4v) is 2.93. The van der Waals surface area contributed by atoms with Gasteiger partial charge in [-0.1, -0.05) is 6.07 Å². The zero-order valence-electron chi connectivity index (χ0n) is 11.8. The van der Waals surface area contributed by atoms with E-state index in [0.717, 1.165) is 6.07 Å². The van der Waals surface area contributed by atoms with Gasteiger partial charge in [-0.15, -0.1) is 0 Å². The number of ether oxygens (including phenoxy) is 2. The Labute approximate surface area is 119 Å². The summed E-state index contributed by atoms with van der Waals surface area (Å²) in [6.07, 6.45) is -0.659. The maximum atomic E-state index is 13.2. The van der Waals surface area contributed by atoms with E-state index in [1.165, 1.54) is 12.1 Å². The highest BCUT2D eigenvalue weighted by atomic mass is 32.2. The molecule has 0 heterocycles. The first-order valence-corrected chi connectivity index (χ1v) is 7.88. The first kappa shape index (κ1) is 17.0. The summed E-state index contributed by atoms with van der Waals surface area (Å²) in [5.41, 5.74) is 0.475. The molecule has 0 spiro atoms. The minimum atomic E-state index is -3.80. The van der Waals surface area contributed by atoms with Crippen molar-refractivity contribution in [3.63, 3.8) is 0 Å². The molecule has 20 heavy (non-hydrogen) atoms. The number of nitrogens with one attached hydrogen (secondary N) is 1. The number of sulfonamides is 1. The van der Waals surface area contributed by atoms with Gasteiger partial charge >= 0.3 is 0 Å². The predicted molar refractivity (Wildman–Crippen MR) is 73.4 cm³/mol. The second kappa shape index (κ2) is 7.68. The molecule has 0 atom stereocenters. The van der Waals surface area contributed by atoms with Gasteiger partial charge in [0.25, 0.3) is 0 Å². The molecule has 0 radical (unpaired) electrons. The number of halogens is 1. The van der Waals surface area contributed by atoms with E-state index in [1.54, 1.807) is 20.8 Å². The monoisotopic (exact) mass is 305 g/mol. The van der Waals surface area contributed by atoms with E-state index in [1.807, 2.05) is 0 Å². The molecule has 114 valence electrons. The molecule has 5 nitrogen and oxygen atoms in total. The van der Waals surface area contributed by atoms with Crippen LogP contribution in [0.5, 0.6) is 0 Å². The second-order valence-corrected chi connectivity index (χ2v) is 5.84. The maximum Gasteiger partial charge on any atom is 0.241 e. The van der Waals surface area contributed by atoms with Gasteiger partial charge < -0.3 is 9.47 Å². The molecular weight excluding hydrogens is 285 g/mol. The average molecular weight is 305 g/mol. The van der Waals surface area contributed by atoms with Gasteiger partial charge in [0.15, 0.2) is 6.29 Å². The van der Waals surface area contributed by atoms with Crippen LogP contribution in [0.25, 0.3) is 0 Å². The van der Waals surface area contributed by atoms with Crippen molar-refractivity contribution in [2.24, 2.45) is 0 Å². The molecule has 1 aromatic carbocycles. The Morgan fingerprint density at radius 1 is 1.25 bits per heavy atom. The van der Waals surface area contributed by atoms with Crippen LogP contribution in [0, 0.1) is 12.7 Å². The van der Waals surface area contributed by atoms with E-state index in [2.05, 4.69) is 4.72 Å². The number of hydrogen-bond acceptors (Lipinski definition) is 4. The van der Waals surface area contributed by atoms with Gasteiger partial charge in [-0.25, -0.2) is 17.5 Å². The first-order chi connectivity index (χ1) is 9.40. The summed E-state index contributed by atoms with van der Waals surface area (Å²) in [7, 11) is -3.80. The van der Waals surface area contributed by atoms with Crippen molar-refractivity contribution in [3.8, 4) is 0 Å². The third kappa shape index (κ3) is 4.82. The van der Waals surface area contributed by atoms with E-state index >= 15 is 0 Å². The Bertz CT molecular complexity index is 527. The highest BCUT2D eigenvalue weighted by molar-refractivity contribution is 7.89. The summed E-state index contributed by atoms with van der Waals surface area (Å²) in [5, 5.41) is 0. The molecule has 1 rings (SSSR count). The van der Waals surface area contributed by atoms with Crippen LogP contribution < -0.4 is 4.72 Å². The zero-order valence-corrected chi connectivity index (χ0v) is 12.7. The molecule has 1 aromatic rings. The Hall–Kier alpha value is -1.02. The minimum Gasteiger partial charge on any atom is -0.352 e. The molecule has 0 saturated heterocycles. The average Bonchev–Trinajstić information content (AvgIpc) is 2.39. The van der Waals surface area contributed by atoms with Crippen LogP contribution >= 0.6 is 0 Å². The van der Waals surface area contributed by atoms with Crippen LogP contribution in [-0.4, -0.2) is 34.5 Å². The van der Waals surface area contributed by atoms with Gasteiger partial charge in [-0.3, -0.25) is 0 Å². The summed E-state index contributed by atoms with van der Waals surface area (Å²) < 4.78 is 50.3. The molecule has 0 fully saturated rings. The molecular formula is C13H20FNO4S. The first-order valence-electron chi connectivity index (χ1n) is 6.39. The van der Waals surface area contributed by atoms with Crippen molar-refractivity contribution < 1.29 is 22.3 Å². The molecule has 0 aliphatic carbocycles. The molecule has 0 aliphatic heterocycles. The van der Waals surface area contributed by atoms with Crippen LogP contribution in [-0.2, 0) is 19.5 Å². The SMILES string of the molecule is CCOC(CNS(=O)(=O)c1cc(F)ccc1C)OCC. The van der Waals surface area contributed by atoms with Crippen LogP contribution in [0.3, 0.4) is 0 Å². The van der Waals surface area contributed by atoms with Crippen LogP contribution in [0.4, 0.5) is 4.39 Å². The summed E-state index contributed by atoms with van der Waals surface area (Å²) in [4.78, 5) is -0.0794. The molecule has 0 saturated carbocycles. The van der Waals surface area contributed by atoms with Gasteiger partial charge in [0.05, 0.1) is 11.4 Å². The lowest BCUT2D eigenvalue weighted by molar-refractivity contribution is -0.130. The van der Waals surface area contributed by atoms with Crippen molar-refractivity contribution in [1.29, 1.82) is 0 Å². The molecule has 0 amide bonds. The Morgan fingerprint density at radius 3 is 2.40 bits per heavy atom. The van der Waals surface area contributed by atoms with E-state index in [0.29, 0.717) is 18.8 Å². The lowest BCUT2D eigenvalue weighted by atomic mass is 10.2. The van der Waals surface area contributed by atoms with Gasteiger partial charge in [0.1, 0.15) is 5.82 Å². The van der Waals surface area contributed by atoms with Crippen molar-refractivity contribution in [2.75, 3.05) is 19.8 Å². The summed E-state index contributed by atoms with van der Waals surface area (Å²) in [6, 6.07) is 3.64. The van der Waals surface area contributed by atoms with Crippen molar-refractivity contribution in [3.05, 3.63) is 29.6 Å². The molecule has 0 aromatic heterocycles. The van der Waals surface area contributed by atoms with Gasteiger partial charge in [0.2, 0.25) is 10.0 Å². The predicted octanol–water partition coefficient (Wildman–Crippen LogP) is 1.81. The van der Waals surface area contributed by atoms with Crippen molar-refractivity contribution in [2.45, 2.75) is 32.0 Å². The quantitative estimate of drug-likeness (QED) is 0.744. The fraction of sp³-hybridized carbons (Fsp3) is 0.538. The molecule has 0 aliphatic rings. The number of benzene rings is 1. The summed E-state index contributed by atoms with van der Waals surface area (Å²) in [5.74, 6) is -0.595. The lowest BCUT2D eigenvalue weighted by Crippen LogP contribution is -2.35. The Kier molecular flexibility index (Phi) is 6.54. The van der Waals surface area contributed by atoms with E-state index in [4.69, 9.17) is 9.47 Å². The summed E-state index contributed by atoms with van der Waals surface area (Å²) in [6.45, 7) is 5.97. The normalized spacial score (nSPS) is 12.1. The minimum absolute atomic E-state index is 0.0278. The number of rotatable bonds is 8. The topological polar surface area (TPSA) is 64.6 Å². The summed E-state index contributed by atoms with van der Waals surface area (Å²) >= 11 is 0. The van der Waals surface area contributed by atoms with Crippen LogP contribution in [0.2, 0.25) is 0 Å². The van der Waals surface area contributed by atoms with E-state index in [-0.39, 0.29) is 11.4 Å². The Balaban J connectivity index is 2.81. The van der Waals surface area contributed by atoms with Gasteiger partial charge in [-0.05, 0) is 38.5 Å². The maximum absolute atomic E-state index is 13.2. The molecule has 1 N–H and O–H groups in total. The molecule has 7 heteroatoms. The third-order valence-electron chi connectivity index (χ3n) is 2.58. The Morgan fingerprint density at radius 2 is 1.85 bits per heavy atom. The highest BCUT2D eigenvalue weighted by Gasteiger charge is 2.19. The van der Waals surface area contributed by atoms with E-state index in [9.17, 15) is 12.8 Å². The van der Waals surface area contributed by atoms with Crippen molar-refractivity contribution >= 4 is 10.0 Å². The smallest absolute Gasteiger partial charge is 0.241 e. The lowest BCUT2D eigenvalue weighted by Gasteiger charge is -2.18. The zero-order chi connectivity index (χ0) is 15.2. The molecule has 0 unspecified atom stereocenters. The number of aryl methyl sites for hydroxylation is 1. The van der Waals surface area contributed by atoms with Gasteiger partial charge in [-0.2, -0.15) is 0 Å². The van der Waals surface area contributed by atoms with Gasteiger partial charge in [0, 0.05) is 13.2 Å². The highest BCUT2D eigenvalue weighted by Crippen LogP contribution is 2.16. The molecule has 0 bridgehead atoms. The van der Waals surface area contributed by atoms with E-state index < -0.39 is 22.1 Å². The van der Waals surface area contributed by atoms with Crippen LogP contribution in [0.1, 0.15) is 19.4 Å². The standard InChI is InChI=1S/C13H20FNO4S/c1-4-18-13(19-5-2)9-15-20(16,17)12-8-11(14)7-6-10(12)3/h6-8,13,15H,4-5,9H2,1-3H3. The largest absolute Gasteiger partial charge is 0.352 e. The second-order valence-electron chi connectivity index (χ2n) is 4.10. The number of hydrogen-bond donors (Lipinski definition) is 1. The third-order valence-corrected chi connectivity index (χ3v) is 4.15. The van der Waals surface area contributed by atoms with Crippen molar-refractivity contribution in [1.82, 2.24) is 4.72 Å². The van der Waals surface area contributed by atoms with Crippen LogP contribution in [0.15, 0.2) is 23.1 Å².